The van der Waals surface area contributed by atoms with Crippen molar-refractivity contribution in [1.82, 2.24) is 0 Å². The van der Waals surface area contributed by atoms with Crippen LogP contribution in [0.25, 0.3) is 0 Å². The van der Waals surface area contributed by atoms with Crippen LogP contribution in [0.15, 0.2) is 18.2 Å². The SMILES string of the molecule is COc1ccc([CH2][Mg][Cl])c(C(C)(C)C)c1. The lowest BCUT2D eigenvalue weighted by molar-refractivity contribution is 0.412. The van der Waals surface area contributed by atoms with Gasteiger partial charge in [-0.3, -0.25) is 0 Å². The summed E-state index contributed by atoms with van der Waals surface area (Å²) in [6.07, 6.45) is 0. The summed E-state index contributed by atoms with van der Waals surface area (Å²) >= 11 is -0.451. The number of hydrogen-bond donors (Lipinski definition) is 0. The Bertz CT molecular complexity index is 331. The fourth-order valence-corrected chi connectivity index (χ4v) is 2.95. The van der Waals surface area contributed by atoms with Gasteiger partial charge >= 0.3 is 19.3 Å². The molecule has 1 nitrogen and oxygen atoms in total. The Balaban J connectivity index is 3.16. The number of benzene rings is 1. The first kappa shape index (κ1) is 13.1. The molecule has 0 aliphatic rings. The van der Waals surface area contributed by atoms with Gasteiger partial charge in [0.1, 0.15) is 5.75 Å². The third-order valence-corrected chi connectivity index (χ3v) is 3.78. The molecule has 80 valence electrons. The van der Waals surface area contributed by atoms with Crippen molar-refractivity contribution >= 4 is 28.3 Å². The largest absolute Gasteiger partial charge is 0.505 e. The number of halogens is 1. The van der Waals surface area contributed by atoms with Gasteiger partial charge in [-0.25, -0.2) is 0 Å². The van der Waals surface area contributed by atoms with Crippen molar-refractivity contribution in [2.24, 2.45) is 0 Å². The van der Waals surface area contributed by atoms with E-state index in [1.165, 1.54) is 11.1 Å². The van der Waals surface area contributed by atoms with E-state index in [0.717, 1.165) is 10.3 Å². The van der Waals surface area contributed by atoms with Gasteiger partial charge in [0, 0.05) is 0 Å². The highest BCUT2D eigenvalue weighted by Gasteiger charge is 2.18. The van der Waals surface area contributed by atoms with Crippen LogP contribution < -0.4 is 4.74 Å². The molecule has 1 aromatic rings. The van der Waals surface area contributed by atoms with Crippen LogP contribution >= 0.6 is 9.07 Å². The number of rotatable bonds is 3. The van der Waals surface area contributed by atoms with Crippen molar-refractivity contribution in [3.05, 3.63) is 29.3 Å². The van der Waals surface area contributed by atoms with Gasteiger partial charge in [-0.05, 0) is 23.1 Å². The zero-order valence-corrected chi connectivity index (χ0v) is 12.1. The first-order valence-corrected chi connectivity index (χ1v) is 8.36. The van der Waals surface area contributed by atoms with Crippen molar-refractivity contribution in [2.75, 3.05) is 7.11 Å². The summed E-state index contributed by atoms with van der Waals surface area (Å²) in [6, 6.07) is 6.30. The van der Waals surface area contributed by atoms with Gasteiger partial charge in [0.15, 0.2) is 0 Å². The highest BCUT2D eigenvalue weighted by Crippen LogP contribution is 2.29. The third kappa shape index (κ3) is 3.54. The van der Waals surface area contributed by atoms with Crippen LogP contribution in [0.5, 0.6) is 5.75 Å². The van der Waals surface area contributed by atoms with Gasteiger partial charge in [0.05, 0.1) is 7.11 Å². The Labute approximate surface area is 106 Å². The molecule has 0 heterocycles. The van der Waals surface area contributed by atoms with E-state index in [1.54, 1.807) is 7.11 Å². The van der Waals surface area contributed by atoms with E-state index in [4.69, 9.17) is 13.8 Å². The molecule has 0 aliphatic heterocycles. The van der Waals surface area contributed by atoms with Gasteiger partial charge in [0.25, 0.3) is 0 Å². The lowest BCUT2D eigenvalue weighted by atomic mass is 9.84. The van der Waals surface area contributed by atoms with E-state index >= 15 is 0 Å². The summed E-state index contributed by atoms with van der Waals surface area (Å²) < 4.78 is 6.32. The predicted molar refractivity (Wildman–Crippen MR) is 67.0 cm³/mol. The number of hydrogen-bond acceptors (Lipinski definition) is 1. The van der Waals surface area contributed by atoms with E-state index in [-0.39, 0.29) is 5.41 Å². The molecule has 1 rings (SSSR count). The first-order valence-electron chi connectivity index (χ1n) is 5.22. The molecule has 0 amide bonds. The van der Waals surface area contributed by atoms with Crippen LogP contribution in [-0.2, 0) is 9.97 Å². The summed E-state index contributed by atoms with van der Waals surface area (Å²) in [7, 11) is 7.65. The van der Waals surface area contributed by atoms with E-state index in [1.807, 2.05) is 6.07 Å². The normalized spacial score (nSPS) is 11.0. The van der Waals surface area contributed by atoms with E-state index in [2.05, 4.69) is 32.9 Å². The van der Waals surface area contributed by atoms with Crippen molar-refractivity contribution in [3.63, 3.8) is 0 Å². The first-order chi connectivity index (χ1) is 6.99. The van der Waals surface area contributed by atoms with E-state index in [0.29, 0.717) is 0 Å². The Morgan fingerprint density at radius 3 is 2.47 bits per heavy atom. The monoisotopic (exact) mass is 236 g/mol. The van der Waals surface area contributed by atoms with Gasteiger partial charge < -0.3 is 13.8 Å². The summed E-state index contributed by atoms with van der Waals surface area (Å²) in [5, 5.41) is 0. The molecule has 0 unspecified atom stereocenters. The molecular formula is C12H17ClMgO. The maximum Gasteiger partial charge on any atom is 0.505 e. The molecule has 1 aromatic carbocycles. The molecule has 15 heavy (non-hydrogen) atoms. The lowest BCUT2D eigenvalue weighted by Gasteiger charge is -2.23. The zero-order valence-electron chi connectivity index (χ0n) is 9.93. The highest BCUT2D eigenvalue weighted by atomic mass is 35.5. The second kappa shape index (κ2) is 5.42. The standard InChI is InChI=1S/C12H17O.ClH.Mg/c1-9-6-7-10(13-5)8-11(9)12(2,3)4;;/h6-8H,1H2,2-5H3;1H;/q;;+1/p-1. The average molecular weight is 237 g/mol. The molecule has 0 fully saturated rings. The maximum atomic E-state index is 5.94. The second-order valence-electron chi connectivity index (χ2n) is 4.71. The summed E-state index contributed by atoms with van der Waals surface area (Å²) in [4.78, 5) is 0. The molecule has 0 aliphatic carbocycles. The molecule has 0 atom stereocenters. The minimum atomic E-state index is -0.451. The Hall–Kier alpha value is 0.0762. The van der Waals surface area contributed by atoms with Crippen LogP contribution in [0.3, 0.4) is 0 Å². The Morgan fingerprint density at radius 1 is 1.33 bits per heavy atom. The van der Waals surface area contributed by atoms with Crippen molar-refractivity contribution in [1.29, 1.82) is 0 Å². The average Bonchev–Trinajstić information content (AvgIpc) is 2.17. The van der Waals surface area contributed by atoms with Crippen LogP contribution in [0.4, 0.5) is 0 Å². The van der Waals surface area contributed by atoms with E-state index < -0.39 is 19.3 Å². The Kier molecular flexibility index (Phi) is 4.75. The fourth-order valence-electron chi connectivity index (χ4n) is 1.70. The molecule has 0 spiro atoms. The third-order valence-electron chi connectivity index (χ3n) is 2.49. The van der Waals surface area contributed by atoms with Crippen LogP contribution in [0.1, 0.15) is 31.9 Å². The van der Waals surface area contributed by atoms with Gasteiger partial charge in [-0.15, -0.1) is 0 Å². The van der Waals surface area contributed by atoms with E-state index in [9.17, 15) is 0 Å². The number of methoxy groups -OCH3 is 1. The topological polar surface area (TPSA) is 9.23 Å². The summed E-state index contributed by atoms with van der Waals surface area (Å²) in [5.74, 6) is 0.930. The molecule has 0 radical (unpaired) electrons. The minimum absolute atomic E-state index is 0.157. The smallest absolute Gasteiger partial charge is 0.497 e. The minimum Gasteiger partial charge on any atom is -0.497 e. The molecular weight excluding hydrogens is 220 g/mol. The van der Waals surface area contributed by atoms with Crippen LogP contribution in [0.2, 0.25) is 0 Å². The van der Waals surface area contributed by atoms with Gasteiger partial charge in [-0.2, -0.15) is 0 Å². The molecule has 0 saturated carbocycles. The van der Waals surface area contributed by atoms with Crippen molar-refractivity contribution < 1.29 is 4.74 Å². The molecule has 0 saturated heterocycles. The van der Waals surface area contributed by atoms with Crippen molar-refractivity contribution in [2.45, 2.75) is 30.7 Å². The highest BCUT2D eigenvalue weighted by molar-refractivity contribution is 6.93. The molecule has 3 heteroatoms. The number of ether oxygens (including phenoxy) is 1. The summed E-state index contributed by atoms with van der Waals surface area (Å²) in [6.45, 7) is 6.67. The van der Waals surface area contributed by atoms with Gasteiger partial charge in [0.2, 0.25) is 0 Å². The summed E-state index contributed by atoms with van der Waals surface area (Å²) in [5.41, 5.74) is 2.89. The molecule has 0 aromatic heterocycles. The van der Waals surface area contributed by atoms with Gasteiger partial charge in [-0.1, -0.05) is 37.0 Å². The fraction of sp³-hybridized carbons (Fsp3) is 0.500. The quantitative estimate of drug-likeness (QED) is 0.732. The molecule has 0 bridgehead atoms. The van der Waals surface area contributed by atoms with Crippen LogP contribution in [0, 0.1) is 0 Å². The zero-order chi connectivity index (χ0) is 11.5. The maximum absolute atomic E-state index is 5.94. The van der Waals surface area contributed by atoms with Crippen LogP contribution in [-0.4, -0.2) is 26.4 Å². The lowest BCUT2D eigenvalue weighted by Crippen LogP contribution is -2.15. The predicted octanol–water partition coefficient (Wildman–Crippen LogP) is 3.35. The van der Waals surface area contributed by atoms with Crippen molar-refractivity contribution in [3.8, 4) is 5.75 Å². The molecule has 0 N–H and O–H groups in total. The Morgan fingerprint density at radius 2 is 2.00 bits per heavy atom. The second-order valence-corrected chi connectivity index (χ2v) is 6.72.